The molecule has 0 atom stereocenters. The molecule has 3 aromatic carbocycles. The summed E-state index contributed by atoms with van der Waals surface area (Å²) >= 11 is 3.38. The average molecular weight is 530 g/mol. The number of carbonyl (C=O) groups excluding carboxylic acids is 1. The first-order chi connectivity index (χ1) is 15.9. The molecule has 0 spiro atoms. The Bertz CT molecular complexity index is 1200. The number of sulfonamides is 1. The third-order valence-corrected chi connectivity index (χ3v) is 7.13. The number of ether oxygens (including phenoxy) is 1. The molecule has 0 fully saturated rings. The molecule has 0 saturated carbocycles. The van der Waals surface area contributed by atoms with Crippen LogP contribution in [0, 0.1) is 0 Å². The lowest BCUT2D eigenvalue weighted by Gasteiger charge is -2.21. The molecule has 3 aromatic rings. The molecule has 9 heteroatoms. The topological polar surface area (TPSA) is 88.1 Å². The zero-order valence-electron chi connectivity index (χ0n) is 18.0. The number of nitrogens with one attached hydrogen (secondary N) is 1. The Kier molecular flexibility index (Phi) is 8.76. The maximum Gasteiger partial charge on any atom is 0.255 e. The molecular weight excluding hydrogens is 506 g/mol. The number of benzene rings is 3. The van der Waals surface area contributed by atoms with Gasteiger partial charge in [0.25, 0.3) is 5.91 Å². The van der Waals surface area contributed by atoms with Crippen LogP contribution < -0.4 is 10.2 Å². The summed E-state index contributed by atoms with van der Waals surface area (Å²) in [6, 6.07) is 23.0. The van der Waals surface area contributed by atoms with Crippen LogP contribution in [0.4, 0.5) is 0 Å². The van der Waals surface area contributed by atoms with Gasteiger partial charge in [-0.1, -0.05) is 64.5 Å². The molecule has 0 unspecified atom stereocenters. The highest BCUT2D eigenvalue weighted by Gasteiger charge is 2.26. The van der Waals surface area contributed by atoms with Crippen LogP contribution in [0.5, 0.6) is 5.75 Å². The Morgan fingerprint density at radius 3 is 2.39 bits per heavy atom. The highest BCUT2D eigenvalue weighted by atomic mass is 79.9. The van der Waals surface area contributed by atoms with Crippen molar-refractivity contribution in [2.45, 2.75) is 11.3 Å². The molecule has 0 aliphatic rings. The SMILES string of the molecule is COc1ccc(Br)cc1/C=N/NC(=O)CN(CCc1ccccc1)S(=O)(=O)c1ccccc1. The molecule has 0 aliphatic heterocycles. The molecule has 7 nitrogen and oxygen atoms in total. The zero-order chi connectivity index (χ0) is 23.7. The maximum absolute atomic E-state index is 13.2. The van der Waals surface area contributed by atoms with Gasteiger partial charge in [0.1, 0.15) is 5.75 Å². The predicted molar refractivity (Wildman–Crippen MR) is 132 cm³/mol. The molecule has 1 N–H and O–H groups in total. The van der Waals surface area contributed by atoms with Gasteiger partial charge in [-0.3, -0.25) is 4.79 Å². The molecule has 0 bridgehead atoms. The van der Waals surface area contributed by atoms with Gasteiger partial charge < -0.3 is 4.74 Å². The summed E-state index contributed by atoms with van der Waals surface area (Å²) in [7, 11) is -2.33. The van der Waals surface area contributed by atoms with Gasteiger partial charge in [-0.25, -0.2) is 13.8 Å². The average Bonchev–Trinajstić information content (AvgIpc) is 2.83. The number of methoxy groups -OCH3 is 1. The highest BCUT2D eigenvalue weighted by molar-refractivity contribution is 9.10. The lowest BCUT2D eigenvalue weighted by molar-refractivity contribution is -0.121. The van der Waals surface area contributed by atoms with E-state index in [1.807, 2.05) is 36.4 Å². The van der Waals surface area contributed by atoms with Crippen LogP contribution >= 0.6 is 15.9 Å². The van der Waals surface area contributed by atoms with Crippen LogP contribution in [0.2, 0.25) is 0 Å². The van der Waals surface area contributed by atoms with E-state index in [0.717, 1.165) is 10.0 Å². The van der Waals surface area contributed by atoms with Gasteiger partial charge in [-0.2, -0.15) is 9.41 Å². The molecule has 1 amide bonds. The molecule has 0 aliphatic carbocycles. The van der Waals surface area contributed by atoms with Crippen molar-refractivity contribution in [1.82, 2.24) is 9.73 Å². The Morgan fingerprint density at radius 2 is 1.73 bits per heavy atom. The summed E-state index contributed by atoms with van der Waals surface area (Å²) in [5.74, 6) is 0.0418. The molecule has 33 heavy (non-hydrogen) atoms. The third-order valence-electron chi connectivity index (χ3n) is 4.78. The second kappa shape index (κ2) is 11.7. The van der Waals surface area contributed by atoms with Crippen LogP contribution in [0.1, 0.15) is 11.1 Å². The van der Waals surface area contributed by atoms with Crippen molar-refractivity contribution in [2.24, 2.45) is 5.10 Å². The van der Waals surface area contributed by atoms with Crippen molar-refractivity contribution >= 4 is 38.1 Å². The summed E-state index contributed by atoms with van der Waals surface area (Å²) in [5, 5.41) is 3.97. The van der Waals surface area contributed by atoms with Crippen LogP contribution in [-0.2, 0) is 21.2 Å². The van der Waals surface area contributed by atoms with Gasteiger partial charge in [-0.15, -0.1) is 0 Å². The van der Waals surface area contributed by atoms with Crippen molar-refractivity contribution < 1.29 is 17.9 Å². The normalized spacial score (nSPS) is 11.6. The van der Waals surface area contributed by atoms with Crippen molar-refractivity contribution in [3.8, 4) is 5.75 Å². The minimum Gasteiger partial charge on any atom is -0.496 e. The van der Waals surface area contributed by atoms with Gasteiger partial charge in [0.15, 0.2) is 0 Å². The van der Waals surface area contributed by atoms with Gasteiger partial charge in [0.05, 0.1) is 24.8 Å². The smallest absolute Gasteiger partial charge is 0.255 e. The van der Waals surface area contributed by atoms with E-state index >= 15 is 0 Å². The molecule has 0 saturated heterocycles. The molecule has 0 aromatic heterocycles. The number of hydrogen-bond donors (Lipinski definition) is 1. The minimum atomic E-state index is -3.87. The second-order valence-electron chi connectivity index (χ2n) is 7.07. The van der Waals surface area contributed by atoms with E-state index in [1.165, 1.54) is 29.8 Å². The monoisotopic (exact) mass is 529 g/mol. The van der Waals surface area contributed by atoms with Gasteiger partial charge >= 0.3 is 0 Å². The fourth-order valence-corrected chi connectivity index (χ4v) is 4.90. The number of carbonyl (C=O) groups is 1. The van der Waals surface area contributed by atoms with Crippen molar-refractivity contribution in [2.75, 3.05) is 20.2 Å². The quantitative estimate of drug-likeness (QED) is 0.319. The Hall–Kier alpha value is -3.01. The van der Waals surface area contributed by atoms with E-state index in [2.05, 4.69) is 26.5 Å². The van der Waals surface area contributed by atoms with Crippen LogP contribution in [0.3, 0.4) is 0 Å². The summed E-state index contributed by atoms with van der Waals surface area (Å²) in [4.78, 5) is 12.7. The third kappa shape index (κ3) is 6.98. The lowest BCUT2D eigenvalue weighted by Crippen LogP contribution is -2.40. The van der Waals surface area contributed by atoms with Gasteiger partial charge in [-0.05, 0) is 42.3 Å². The van der Waals surface area contributed by atoms with Crippen LogP contribution in [-0.4, -0.2) is 45.0 Å². The van der Waals surface area contributed by atoms with E-state index in [-0.39, 0.29) is 18.0 Å². The fraction of sp³-hybridized carbons (Fsp3) is 0.167. The minimum absolute atomic E-state index is 0.133. The Balaban J connectivity index is 1.73. The Labute approximate surface area is 202 Å². The van der Waals surface area contributed by atoms with E-state index in [0.29, 0.717) is 17.7 Å². The van der Waals surface area contributed by atoms with E-state index in [1.54, 1.807) is 30.3 Å². The fourth-order valence-electron chi connectivity index (χ4n) is 3.10. The second-order valence-corrected chi connectivity index (χ2v) is 9.92. The predicted octanol–water partition coefficient (Wildman–Crippen LogP) is 3.84. The van der Waals surface area contributed by atoms with Crippen molar-refractivity contribution in [3.05, 3.63) is 94.5 Å². The van der Waals surface area contributed by atoms with Gasteiger partial charge in [0, 0.05) is 16.6 Å². The first kappa shape index (κ1) is 24.6. The lowest BCUT2D eigenvalue weighted by atomic mass is 10.1. The molecule has 172 valence electrons. The van der Waals surface area contributed by atoms with Crippen LogP contribution in [0.15, 0.2) is 93.3 Å². The van der Waals surface area contributed by atoms with Crippen molar-refractivity contribution in [3.63, 3.8) is 0 Å². The molecular formula is C24H24BrN3O4S. The number of hydrogen-bond acceptors (Lipinski definition) is 5. The molecule has 0 radical (unpaired) electrons. The first-order valence-electron chi connectivity index (χ1n) is 10.1. The number of hydrazone groups is 1. The van der Waals surface area contributed by atoms with E-state index in [4.69, 9.17) is 4.74 Å². The number of amides is 1. The maximum atomic E-state index is 13.2. The Morgan fingerprint density at radius 1 is 1.06 bits per heavy atom. The summed E-state index contributed by atoms with van der Waals surface area (Å²) in [6.07, 6.45) is 1.92. The number of nitrogens with zero attached hydrogens (tertiary/aromatic N) is 2. The summed E-state index contributed by atoms with van der Waals surface area (Å²) in [5.41, 5.74) is 4.04. The van der Waals surface area contributed by atoms with E-state index < -0.39 is 15.9 Å². The largest absolute Gasteiger partial charge is 0.496 e. The summed E-state index contributed by atoms with van der Waals surface area (Å²) in [6.45, 7) is -0.213. The summed E-state index contributed by atoms with van der Waals surface area (Å²) < 4.78 is 33.7. The van der Waals surface area contributed by atoms with Crippen molar-refractivity contribution in [1.29, 1.82) is 0 Å². The van der Waals surface area contributed by atoms with E-state index in [9.17, 15) is 13.2 Å². The standard InChI is InChI=1S/C24H24BrN3O4S/c1-32-23-13-12-21(25)16-20(23)17-26-27-24(29)18-28(15-14-19-8-4-2-5-9-19)33(30,31)22-10-6-3-7-11-22/h2-13,16-17H,14-15,18H2,1H3,(H,27,29)/b26-17+. The number of halogens is 1. The zero-order valence-corrected chi connectivity index (χ0v) is 20.4. The molecule has 0 heterocycles. The van der Waals surface area contributed by atoms with Gasteiger partial charge in [0.2, 0.25) is 10.0 Å². The molecule has 3 rings (SSSR count). The first-order valence-corrected chi connectivity index (χ1v) is 12.4. The number of rotatable bonds is 10. The highest BCUT2D eigenvalue weighted by Crippen LogP contribution is 2.21. The van der Waals surface area contributed by atoms with Crippen LogP contribution in [0.25, 0.3) is 0 Å².